The van der Waals surface area contributed by atoms with Crippen molar-refractivity contribution >= 4 is 5.71 Å². The van der Waals surface area contributed by atoms with E-state index < -0.39 is 0 Å². The summed E-state index contributed by atoms with van der Waals surface area (Å²) in [5.74, 6) is 0. The molecular weight excluding hydrogens is 210 g/mol. The van der Waals surface area contributed by atoms with Crippen LogP contribution in [0.3, 0.4) is 0 Å². The van der Waals surface area contributed by atoms with E-state index in [9.17, 15) is 0 Å². The summed E-state index contributed by atoms with van der Waals surface area (Å²) in [7, 11) is 0. The zero-order valence-corrected chi connectivity index (χ0v) is 11.2. The molecule has 0 saturated carbocycles. The van der Waals surface area contributed by atoms with E-state index in [1.54, 1.807) is 0 Å². The van der Waals surface area contributed by atoms with Gasteiger partial charge in [-0.3, -0.25) is 0 Å². The largest absolute Gasteiger partial charge is 0.411 e. The second-order valence-corrected chi connectivity index (χ2v) is 4.67. The fourth-order valence-electron chi connectivity index (χ4n) is 1.99. The van der Waals surface area contributed by atoms with Gasteiger partial charge >= 0.3 is 0 Å². The molecule has 0 aromatic rings. The molecule has 1 N–H and O–H groups in total. The second-order valence-electron chi connectivity index (χ2n) is 4.67. The molecule has 0 aromatic heterocycles. The van der Waals surface area contributed by atoms with Gasteiger partial charge in [-0.15, -0.1) is 0 Å². The minimum atomic E-state index is 0.833. The van der Waals surface area contributed by atoms with Gasteiger partial charge in [-0.25, -0.2) is 0 Å². The van der Waals surface area contributed by atoms with Crippen LogP contribution in [0.4, 0.5) is 0 Å². The first-order valence-corrected chi connectivity index (χ1v) is 6.39. The van der Waals surface area contributed by atoms with E-state index in [1.807, 2.05) is 6.92 Å². The average Bonchev–Trinajstić information content (AvgIpc) is 2.34. The minimum Gasteiger partial charge on any atom is -0.411 e. The van der Waals surface area contributed by atoms with Crippen LogP contribution in [0.15, 0.2) is 40.1 Å². The summed E-state index contributed by atoms with van der Waals surface area (Å²) in [6, 6.07) is 0. The Balaban J connectivity index is 3.03. The van der Waals surface area contributed by atoms with Crippen LogP contribution < -0.4 is 0 Å². The van der Waals surface area contributed by atoms with Crippen LogP contribution in [0.2, 0.25) is 0 Å². The van der Waals surface area contributed by atoms with Crippen molar-refractivity contribution in [2.45, 2.75) is 52.9 Å². The van der Waals surface area contributed by atoms with Gasteiger partial charge in [-0.05, 0) is 63.2 Å². The van der Waals surface area contributed by atoms with Crippen molar-refractivity contribution < 1.29 is 5.21 Å². The highest BCUT2D eigenvalue weighted by molar-refractivity contribution is 6.00. The fourth-order valence-corrected chi connectivity index (χ4v) is 1.99. The fraction of sp³-hybridized carbons (Fsp3) is 0.533. The second kappa shape index (κ2) is 7.10. The summed E-state index contributed by atoms with van der Waals surface area (Å²) in [6.07, 6.45) is 12.0. The van der Waals surface area contributed by atoms with Crippen molar-refractivity contribution in [3.05, 3.63) is 34.9 Å². The summed E-state index contributed by atoms with van der Waals surface area (Å²) in [5.41, 5.74) is 4.39. The molecule has 0 unspecified atom stereocenters. The predicted octanol–water partition coefficient (Wildman–Crippen LogP) is 4.62. The molecule has 1 aliphatic rings. The van der Waals surface area contributed by atoms with Gasteiger partial charge in [0.1, 0.15) is 0 Å². The molecule has 0 saturated heterocycles. The smallest absolute Gasteiger partial charge is 0.0827 e. The van der Waals surface area contributed by atoms with Crippen molar-refractivity contribution in [1.29, 1.82) is 0 Å². The van der Waals surface area contributed by atoms with E-state index >= 15 is 0 Å². The van der Waals surface area contributed by atoms with Crippen molar-refractivity contribution in [1.82, 2.24) is 0 Å². The molecule has 0 radical (unpaired) electrons. The lowest BCUT2D eigenvalue weighted by atomic mass is 9.96. The zero-order chi connectivity index (χ0) is 12.7. The molecule has 0 bridgehead atoms. The highest BCUT2D eigenvalue weighted by Crippen LogP contribution is 2.19. The molecule has 0 atom stereocenters. The summed E-state index contributed by atoms with van der Waals surface area (Å²) in [5, 5.41) is 12.5. The predicted molar refractivity (Wildman–Crippen MR) is 73.6 cm³/mol. The molecule has 1 rings (SSSR count). The first-order chi connectivity index (χ1) is 8.16. The lowest BCUT2D eigenvalue weighted by molar-refractivity contribution is 0.317. The summed E-state index contributed by atoms with van der Waals surface area (Å²) in [6.45, 7) is 6.23. The molecule has 0 spiro atoms. The number of hydrogen-bond acceptors (Lipinski definition) is 2. The first kappa shape index (κ1) is 13.8. The van der Waals surface area contributed by atoms with Crippen LogP contribution >= 0.6 is 0 Å². The van der Waals surface area contributed by atoms with Gasteiger partial charge in [0.2, 0.25) is 0 Å². The third-order valence-electron chi connectivity index (χ3n) is 3.47. The molecule has 2 nitrogen and oxygen atoms in total. The van der Waals surface area contributed by atoms with Gasteiger partial charge in [-0.1, -0.05) is 29.8 Å². The molecule has 2 heteroatoms. The summed E-state index contributed by atoms with van der Waals surface area (Å²) >= 11 is 0. The Morgan fingerprint density at radius 2 is 1.82 bits per heavy atom. The quantitative estimate of drug-likeness (QED) is 0.480. The molecule has 94 valence electrons. The highest BCUT2D eigenvalue weighted by Gasteiger charge is 2.08. The molecule has 0 aliphatic heterocycles. The molecule has 0 aromatic carbocycles. The Morgan fingerprint density at radius 3 is 2.53 bits per heavy atom. The van der Waals surface area contributed by atoms with Crippen LogP contribution in [0.1, 0.15) is 52.9 Å². The molecule has 0 fully saturated rings. The van der Waals surface area contributed by atoms with Gasteiger partial charge in [0.25, 0.3) is 0 Å². The summed E-state index contributed by atoms with van der Waals surface area (Å²) < 4.78 is 0. The maximum Gasteiger partial charge on any atom is 0.0827 e. The first-order valence-electron chi connectivity index (χ1n) is 6.39. The standard InChI is InChI=1S/C15H23NO/c1-12-10-8-6-4-5-7-9-11-15(16-17)14(3)13(12)2/h6,8,10,17H,4-5,7,9,11H2,1-3H3/b8-6-,12-10+,14-13-,16-15?. The lowest BCUT2D eigenvalue weighted by Gasteiger charge is -2.11. The molecule has 1 aliphatic carbocycles. The van der Waals surface area contributed by atoms with Gasteiger partial charge < -0.3 is 5.21 Å². The topological polar surface area (TPSA) is 32.6 Å². The Bertz CT molecular complexity index is 362. The molecular formula is C15H23NO. The number of hydrogen-bond donors (Lipinski definition) is 1. The van der Waals surface area contributed by atoms with E-state index in [4.69, 9.17) is 5.21 Å². The number of allylic oxidation sites excluding steroid dienone is 6. The van der Waals surface area contributed by atoms with Crippen LogP contribution in [0.5, 0.6) is 0 Å². The number of oxime groups is 1. The number of rotatable bonds is 0. The third kappa shape index (κ3) is 4.22. The molecule has 17 heavy (non-hydrogen) atoms. The van der Waals surface area contributed by atoms with E-state index in [-0.39, 0.29) is 0 Å². The van der Waals surface area contributed by atoms with Crippen molar-refractivity contribution in [3.8, 4) is 0 Å². The monoisotopic (exact) mass is 233 g/mol. The number of nitrogens with zero attached hydrogens (tertiary/aromatic N) is 1. The third-order valence-corrected chi connectivity index (χ3v) is 3.47. The van der Waals surface area contributed by atoms with Gasteiger partial charge in [-0.2, -0.15) is 0 Å². The van der Waals surface area contributed by atoms with Crippen molar-refractivity contribution in [2.75, 3.05) is 0 Å². The van der Waals surface area contributed by atoms with E-state index in [0.717, 1.165) is 30.5 Å². The Labute approximate surface area is 104 Å². The van der Waals surface area contributed by atoms with E-state index in [1.165, 1.54) is 24.0 Å². The van der Waals surface area contributed by atoms with E-state index in [2.05, 4.69) is 37.2 Å². The molecule has 0 amide bonds. The minimum absolute atomic E-state index is 0.833. The van der Waals surface area contributed by atoms with Gasteiger partial charge in [0.05, 0.1) is 5.71 Å². The highest BCUT2D eigenvalue weighted by atomic mass is 16.4. The Kier molecular flexibility index (Phi) is 5.75. The van der Waals surface area contributed by atoms with Crippen LogP contribution in [0, 0.1) is 0 Å². The van der Waals surface area contributed by atoms with Gasteiger partial charge in [0.15, 0.2) is 0 Å². The van der Waals surface area contributed by atoms with Crippen molar-refractivity contribution in [3.63, 3.8) is 0 Å². The summed E-state index contributed by atoms with van der Waals surface area (Å²) in [4.78, 5) is 0. The van der Waals surface area contributed by atoms with Crippen LogP contribution in [-0.2, 0) is 0 Å². The van der Waals surface area contributed by atoms with E-state index in [0.29, 0.717) is 0 Å². The van der Waals surface area contributed by atoms with Crippen LogP contribution in [0.25, 0.3) is 0 Å². The zero-order valence-electron chi connectivity index (χ0n) is 11.2. The SMILES string of the molecule is C/C1=C(C)/C(C)=C/C=C\CCCCCC1=NO. The Hall–Kier alpha value is -1.31. The van der Waals surface area contributed by atoms with Gasteiger partial charge in [0, 0.05) is 0 Å². The lowest BCUT2D eigenvalue weighted by Crippen LogP contribution is -2.04. The Morgan fingerprint density at radius 1 is 1.06 bits per heavy atom. The maximum absolute atomic E-state index is 9.09. The molecule has 0 heterocycles. The van der Waals surface area contributed by atoms with Crippen LogP contribution in [-0.4, -0.2) is 10.9 Å². The average molecular weight is 233 g/mol. The normalized spacial score (nSPS) is 31.2. The van der Waals surface area contributed by atoms with Crippen molar-refractivity contribution in [2.24, 2.45) is 5.16 Å². The maximum atomic E-state index is 9.09.